The van der Waals surface area contributed by atoms with Crippen molar-refractivity contribution in [1.29, 1.82) is 0 Å². The Morgan fingerprint density at radius 1 is 1.16 bits per heavy atom. The Morgan fingerprint density at radius 2 is 2.00 bits per heavy atom. The van der Waals surface area contributed by atoms with Gasteiger partial charge < -0.3 is 4.57 Å². The summed E-state index contributed by atoms with van der Waals surface area (Å²) >= 11 is 1.86. The quantitative estimate of drug-likeness (QED) is 0.653. The van der Waals surface area contributed by atoms with Crippen molar-refractivity contribution in [2.45, 2.75) is 19.9 Å². The largest absolute Gasteiger partial charge is 0.342 e. The molecule has 0 bridgehead atoms. The summed E-state index contributed by atoms with van der Waals surface area (Å²) in [7, 11) is 0. The lowest BCUT2D eigenvalue weighted by atomic mass is 10.2. The number of thiophene rings is 1. The second kappa shape index (κ2) is 5.02. The van der Waals surface area contributed by atoms with Crippen LogP contribution < -0.4 is 0 Å². The van der Waals surface area contributed by atoms with Gasteiger partial charge in [0.2, 0.25) is 0 Å². The lowest BCUT2D eigenvalue weighted by Crippen LogP contribution is -1.95. The van der Waals surface area contributed by atoms with Crippen LogP contribution in [0.3, 0.4) is 0 Å². The van der Waals surface area contributed by atoms with Crippen LogP contribution in [-0.2, 0) is 13.0 Å². The van der Waals surface area contributed by atoms with Gasteiger partial charge in [0.1, 0.15) is 6.29 Å². The van der Waals surface area contributed by atoms with E-state index < -0.39 is 0 Å². The van der Waals surface area contributed by atoms with Crippen LogP contribution >= 0.6 is 11.3 Å². The standard InChI is InChI=1S/C16H15NOS/c1-2-14-5-6-15(19-14)10-17-8-7-13-4-3-12(11-18)9-16(13)17/h3-9,11H,2,10H2,1H3. The molecule has 0 amide bonds. The fourth-order valence-electron chi connectivity index (χ4n) is 2.28. The fraction of sp³-hybridized carbons (Fsp3) is 0.188. The Hall–Kier alpha value is -1.87. The molecule has 0 aliphatic rings. The molecule has 3 aromatic rings. The number of carbonyl (C=O) groups excluding carboxylic acids is 1. The Kier molecular flexibility index (Phi) is 3.22. The molecule has 1 aromatic carbocycles. The van der Waals surface area contributed by atoms with Crippen molar-refractivity contribution >= 4 is 28.5 Å². The number of aromatic nitrogens is 1. The van der Waals surface area contributed by atoms with Crippen LogP contribution in [-0.4, -0.2) is 10.9 Å². The Balaban J connectivity index is 1.97. The molecule has 0 atom stereocenters. The van der Waals surface area contributed by atoms with Gasteiger partial charge in [0.05, 0.1) is 6.54 Å². The summed E-state index contributed by atoms with van der Waals surface area (Å²) in [5, 5.41) is 1.18. The van der Waals surface area contributed by atoms with E-state index in [4.69, 9.17) is 0 Å². The first kappa shape index (κ1) is 12.2. The zero-order valence-electron chi connectivity index (χ0n) is 10.8. The minimum absolute atomic E-state index is 0.730. The van der Waals surface area contributed by atoms with E-state index in [0.717, 1.165) is 30.3 Å². The highest BCUT2D eigenvalue weighted by Gasteiger charge is 2.05. The van der Waals surface area contributed by atoms with Crippen LogP contribution in [0.4, 0.5) is 0 Å². The molecular formula is C16H15NOS. The molecule has 0 radical (unpaired) electrons. The molecule has 96 valence electrons. The third kappa shape index (κ3) is 2.34. The Labute approximate surface area is 116 Å². The maximum absolute atomic E-state index is 10.9. The number of fused-ring (bicyclic) bond motifs is 1. The molecule has 0 aliphatic heterocycles. The van der Waals surface area contributed by atoms with E-state index in [1.54, 1.807) is 0 Å². The summed E-state index contributed by atoms with van der Waals surface area (Å²) in [5.41, 5.74) is 1.85. The van der Waals surface area contributed by atoms with Crippen LogP contribution in [0.2, 0.25) is 0 Å². The molecule has 0 fully saturated rings. The molecule has 0 spiro atoms. The minimum atomic E-state index is 0.730. The van der Waals surface area contributed by atoms with Crippen molar-refractivity contribution in [3.05, 3.63) is 57.9 Å². The molecule has 2 aromatic heterocycles. The van der Waals surface area contributed by atoms with Crippen molar-refractivity contribution in [3.63, 3.8) is 0 Å². The normalized spacial score (nSPS) is 11.0. The average Bonchev–Trinajstić information content (AvgIpc) is 3.06. The van der Waals surface area contributed by atoms with E-state index in [-0.39, 0.29) is 0 Å². The number of hydrogen-bond donors (Lipinski definition) is 0. The molecule has 3 rings (SSSR count). The van der Waals surface area contributed by atoms with Crippen LogP contribution in [0.5, 0.6) is 0 Å². The van der Waals surface area contributed by atoms with E-state index in [1.165, 1.54) is 15.1 Å². The van der Waals surface area contributed by atoms with Crippen molar-refractivity contribution in [1.82, 2.24) is 4.57 Å². The van der Waals surface area contributed by atoms with Gasteiger partial charge in [-0.1, -0.05) is 19.1 Å². The summed E-state index contributed by atoms with van der Waals surface area (Å²) in [4.78, 5) is 13.6. The predicted octanol–water partition coefficient (Wildman–Crippen LogP) is 4.13. The van der Waals surface area contributed by atoms with Gasteiger partial charge in [-0.3, -0.25) is 4.79 Å². The van der Waals surface area contributed by atoms with Gasteiger partial charge in [-0.05, 0) is 36.1 Å². The van der Waals surface area contributed by atoms with Gasteiger partial charge in [0.25, 0.3) is 0 Å². The molecule has 2 nitrogen and oxygen atoms in total. The van der Waals surface area contributed by atoms with Gasteiger partial charge in [-0.25, -0.2) is 0 Å². The number of hydrogen-bond acceptors (Lipinski definition) is 2. The minimum Gasteiger partial charge on any atom is -0.342 e. The SMILES string of the molecule is CCc1ccc(Cn2ccc3ccc(C=O)cc32)s1. The molecule has 0 saturated heterocycles. The van der Waals surface area contributed by atoms with E-state index in [1.807, 2.05) is 29.5 Å². The molecule has 19 heavy (non-hydrogen) atoms. The van der Waals surface area contributed by atoms with Crippen molar-refractivity contribution in [2.75, 3.05) is 0 Å². The van der Waals surface area contributed by atoms with Crippen LogP contribution in [0.1, 0.15) is 27.0 Å². The molecule has 0 unspecified atom stereocenters. The maximum Gasteiger partial charge on any atom is 0.150 e. The molecule has 0 saturated carbocycles. The lowest BCUT2D eigenvalue weighted by Gasteiger charge is -2.04. The van der Waals surface area contributed by atoms with Crippen LogP contribution in [0.15, 0.2) is 42.6 Å². The van der Waals surface area contributed by atoms with E-state index >= 15 is 0 Å². The summed E-state index contributed by atoms with van der Waals surface area (Å²) < 4.78 is 2.20. The summed E-state index contributed by atoms with van der Waals surface area (Å²) in [6.07, 6.45) is 4.08. The topological polar surface area (TPSA) is 22.0 Å². The van der Waals surface area contributed by atoms with E-state index in [9.17, 15) is 4.79 Å². The summed E-state index contributed by atoms with van der Waals surface area (Å²) in [5.74, 6) is 0. The monoisotopic (exact) mass is 269 g/mol. The highest BCUT2D eigenvalue weighted by molar-refractivity contribution is 7.11. The predicted molar refractivity (Wildman–Crippen MR) is 80.1 cm³/mol. The molecule has 0 aliphatic carbocycles. The number of carbonyl (C=O) groups is 1. The van der Waals surface area contributed by atoms with Gasteiger partial charge in [0.15, 0.2) is 0 Å². The maximum atomic E-state index is 10.9. The van der Waals surface area contributed by atoms with Crippen molar-refractivity contribution < 1.29 is 4.79 Å². The first-order valence-electron chi connectivity index (χ1n) is 6.42. The Morgan fingerprint density at radius 3 is 2.74 bits per heavy atom. The van der Waals surface area contributed by atoms with Gasteiger partial charge in [0, 0.05) is 27.0 Å². The lowest BCUT2D eigenvalue weighted by molar-refractivity contribution is 0.112. The van der Waals surface area contributed by atoms with Crippen molar-refractivity contribution in [2.24, 2.45) is 0 Å². The van der Waals surface area contributed by atoms with Gasteiger partial charge in [-0.2, -0.15) is 0 Å². The summed E-state index contributed by atoms with van der Waals surface area (Å²) in [6, 6.07) is 12.3. The first-order valence-corrected chi connectivity index (χ1v) is 7.23. The molecular weight excluding hydrogens is 254 g/mol. The number of nitrogens with zero attached hydrogens (tertiary/aromatic N) is 1. The number of benzene rings is 1. The van der Waals surface area contributed by atoms with Crippen molar-refractivity contribution in [3.8, 4) is 0 Å². The second-order valence-corrected chi connectivity index (χ2v) is 5.85. The molecule has 3 heteroatoms. The summed E-state index contributed by atoms with van der Waals surface area (Å²) in [6.45, 7) is 3.05. The van der Waals surface area contributed by atoms with Crippen LogP contribution in [0, 0.1) is 0 Å². The van der Waals surface area contributed by atoms with E-state index in [2.05, 4.69) is 35.9 Å². The Bertz CT molecular complexity index is 723. The number of aryl methyl sites for hydroxylation is 1. The third-order valence-corrected chi connectivity index (χ3v) is 4.54. The fourth-order valence-corrected chi connectivity index (χ4v) is 3.23. The smallest absolute Gasteiger partial charge is 0.150 e. The highest BCUT2D eigenvalue weighted by atomic mass is 32.1. The number of aldehydes is 1. The zero-order chi connectivity index (χ0) is 13.2. The second-order valence-electron chi connectivity index (χ2n) is 4.60. The molecule has 0 N–H and O–H groups in total. The van der Waals surface area contributed by atoms with Crippen LogP contribution in [0.25, 0.3) is 10.9 Å². The first-order chi connectivity index (χ1) is 9.30. The average molecular weight is 269 g/mol. The highest BCUT2D eigenvalue weighted by Crippen LogP contribution is 2.22. The third-order valence-electron chi connectivity index (χ3n) is 3.33. The van der Waals surface area contributed by atoms with E-state index in [0.29, 0.717) is 0 Å². The van der Waals surface area contributed by atoms with Gasteiger partial charge in [-0.15, -0.1) is 11.3 Å². The molecule has 2 heterocycles. The zero-order valence-corrected chi connectivity index (χ0v) is 11.6. The number of rotatable bonds is 4. The van der Waals surface area contributed by atoms with Gasteiger partial charge >= 0.3 is 0 Å².